The van der Waals surface area contributed by atoms with Gasteiger partial charge in [-0.25, -0.2) is 21.2 Å². The van der Waals surface area contributed by atoms with Crippen LogP contribution in [0.25, 0.3) is 0 Å². The van der Waals surface area contributed by atoms with Crippen molar-refractivity contribution in [3.05, 3.63) is 59.9 Å². The minimum Gasteiger partial charge on any atom is -0.207 e. The zero-order valence-corrected chi connectivity index (χ0v) is 17.2. The Morgan fingerprint density at radius 2 is 1.36 bits per heavy atom. The van der Waals surface area contributed by atoms with Crippen LogP contribution in [0.1, 0.15) is 18.9 Å². The summed E-state index contributed by atoms with van der Waals surface area (Å²) in [7, 11) is -7.54. The molecule has 0 aliphatic carbocycles. The molecule has 152 valence electrons. The third-order valence-electron chi connectivity index (χ3n) is 4.73. The molecule has 0 atom stereocenters. The third-order valence-corrected chi connectivity index (χ3v) is 8.54. The van der Waals surface area contributed by atoms with E-state index in [4.69, 9.17) is 0 Å². The van der Waals surface area contributed by atoms with Gasteiger partial charge in [0.25, 0.3) is 0 Å². The van der Waals surface area contributed by atoms with Crippen molar-refractivity contribution in [1.82, 2.24) is 8.61 Å². The SMILES string of the molecule is CCCc1ccc(S(=O)(=O)N2CCN(S(=O)(=O)c3cccc(F)c3)CC2)cc1. The number of aryl methyl sites for hydroxylation is 1. The first-order valence-corrected chi connectivity index (χ1v) is 12.0. The van der Waals surface area contributed by atoms with Gasteiger partial charge in [0.15, 0.2) is 0 Å². The number of hydrogen-bond donors (Lipinski definition) is 0. The first-order chi connectivity index (χ1) is 13.2. The van der Waals surface area contributed by atoms with E-state index in [1.165, 1.54) is 26.8 Å². The highest BCUT2D eigenvalue weighted by molar-refractivity contribution is 7.89. The van der Waals surface area contributed by atoms with Gasteiger partial charge in [-0.05, 0) is 42.3 Å². The van der Waals surface area contributed by atoms with Crippen LogP contribution in [0.5, 0.6) is 0 Å². The first kappa shape index (κ1) is 20.9. The molecule has 1 aliphatic heterocycles. The van der Waals surface area contributed by atoms with Gasteiger partial charge in [-0.15, -0.1) is 0 Å². The lowest BCUT2D eigenvalue weighted by Crippen LogP contribution is -2.50. The molecule has 28 heavy (non-hydrogen) atoms. The van der Waals surface area contributed by atoms with Gasteiger partial charge in [-0.2, -0.15) is 8.61 Å². The lowest BCUT2D eigenvalue weighted by molar-refractivity contribution is 0.272. The molecule has 0 saturated carbocycles. The second-order valence-electron chi connectivity index (χ2n) is 6.66. The molecule has 1 fully saturated rings. The summed E-state index contributed by atoms with van der Waals surface area (Å²) >= 11 is 0. The van der Waals surface area contributed by atoms with Crippen molar-refractivity contribution >= 4 is 20.0 Å². The van der Waals surface area contributed by atoms with Crippen molar-refractivity contribution in [3.8, 4) is 0 Å². The van der Waals surface area contributed by atoms with Crippen molar-refractivity contribution in [2.75, 3.05) is 26.2 Å². The summed E-state index contributed by atoms with van der Waals surface area (Å²) in [6, 6.07) is 11.6. The molecule has 0 aromatic heterocycles. The van der Waals surface area contributed by atoms with Crippen LogP contribution in [-0.4, -0.2) is 51.6 Å². The van der Waals surface area contributed by atoms with Gasteiger partial charge in [0.2, 0.25) is 20.0 Å². The third kappa shape index (κ3) is 4.27. The van der Waals surface area contributed by atoms with Crippen LogP contribution in [-0.2, 0) is 26.5 Å². The van der Waals surface area contributed by atoms with Crippen LogP contribution in [0.3, 0.4) is 0 Å². The van der Waals surface area contributed by atoms with Gasteiger partial charge in [-0.1, -0.05) is 31.5 Å². The van der Waals surface area contributed by atoms with Gasteiger partial charge < -0.3 is 0 Å². The van der Waals surface area contributed by atoms with E-state index in [-0.39, 0.29) is 36.0 Å². The first-order valence-electron chi connectivity index (χ1n) is 9.10. The lowest BCUT2D eigenvalue weighted by atomic mass is 10.1. The van der Waals surface area contributed by atoms with E-state index in [9.17, 15) is 21.2 Å². The van der Waals surface area contributed by atoms with Crippen molar-refractivity contribution in [2.45, 2.75) is 29.6 Å². The van der Waals surface area contributed by atoms with E-state index >= 15 is 0 Å². The van der Waals surface area contributed by atoms with Gasteiger partial charge >= 0.3 is 0 Å². The average molecular weight is 427 g/mol. The number of nitrogens with zero attached hydrogens (tertiary/aromatic N) is 2. The Hall–Kier alpha value is -1.81. The monoisotopic (exact) mass is 426 g/mol. The zero-order chi connectivity index (χ0) is 20.4. The standard InChI is InChI=1S/C19H23FN2O4S2/c1-2-4-16-7-9-18(10-8-16)27(23,24)21-11-13-22(14-12-21)28(25,26)19-6-3-5-17(20)15-19/h3,5-10,15H,2,4,11-14H2,1H3. The van der Waals surface area contributed by atoms with Gasteiger partial charge in [0.05, 0.1) is 9.79 Å². The average Bonchev–Trinajstić information content (AvgIpc) is 2.69. The predicted molar refractivity (Wildman–Crippen MR) is 104 cm³/mol. The predicted octanol–water partition coefficient (Wildman–Crippen LogP) is 2.47. The molecule has 2 aromatic rings. The summed E-state index contributed by atoms with van der Waals surface area (Å²) in [5.41, 5.74) is 1.08. The summed E-state index contributed by atoms with van der Waals surface area (Å²) in [5, 5.41) is 0. The highest BCUT2D eigenvalue weighted by Gasteiger charge is 2.33. The Bertz CT molecular complexity index is 1030. The zero-order valence-electron chi connectivity index (χ0n) is 15.6. The molecule has 2 aromatic carbocycles. The maximum Gasteiger partial charge on any atom is 0.243 e. The van der Waals surface area contributed by atoms with E-state index in [1.54, 1.807) is 24.3 Å². The van der Waals surface area contributed by atoms with Crippen LogP contribution in [0, 0.1) is 5.82 Å². The second-order valence-corrected chi connectivity index (χ2v) is 10.5. The molecule has 6 nitrogen and oxygen atoms in total. The molecular weight excluding hydrogens is 403 g/mol. The second kappa shape index (κ2) is 8.28. The maximum absolute atomic E-state index is 13.4. The van der Waals surface area contributed by atoms with E-state index in [1.807, 2.05) is 0 Å². The summed E-state index contributed by atoms with van der Waals surface area (Å²) in [6.07, 6.45) is 1.87. The van der Waals surface area contributed by atoms with E-state index in [0.29, 0.717) is 0 Å². The highest BCUT2D eigenvalue weighted by atomic mass is 32.2. The van der Waals surface area contributed by atoms with Gasteiger partial charge in [-0.3, -0.25) is 0 Å². The number of rotatable bonds is 6. The summed E-state index contributed by atoms with van der Waals surface area (Å²) < 4.78 is 66.8. The van der Waals surface area contributed by atoms with Crippen molar-refractivity contribution in [1.29, 1.82) is 0 Å². The lowest BCUT2D eigenvalue weighted by Gasteiger charge is -2.33. The fourth-order valence-corrected chi connectivity index (χ4v) is 6.07. The normalized spacial score (nSPS) is 16.9. The number of piperazine rings is 1. The molecule has 0 unspecified atom stereocenters. The summed E-state index contributed by atoms with van der Waals surface area (Å²) in [5.74, 6) is -0.631. The molecule has 0 spiro atoms. The van der Waals surface area contributed by atoms with E-state index in [2.05, 4.69) is 6.92 Å². The van der Waals surface area contributed by atoms with Crippen LogP contribution >= 0.6 is 0 Å². The number of halogens is 1. The molecule has 0 amide bonds. The quantitative estimate of drug-likeness (QED) is 0.711. The Balaban J connectivity index is 1.72. The number of hydrogen-bond acceptors (Lipinski definition) is 4. The van der Waals surface area contributed by atoms with Crippen LogP contribution in [0.15, 0.2) is 58.3 Å². The number of sulfonamides is 2. The molecule has 0 radical (unpaired) electrons. The smallest absolute Gasteiger partial charge is 0.207 e. The Labute approximate surface area is 165 Å². The fourth-order valence-electron chi connectivity index (χ4n) is 3.19. The summed E-state index contributed by atoms with van der Waals surface area (Å²) in [6.45, 7) is 2.20. The molecule has 0 bridgehead atoms. The minimum absolute atomic E-state index is 0.0198. The highest BCUT2D eigenvalue weighted by Crippen LogP contribution is 2.22. The topological polar surface area (TPSA) is 74.8 Å². The summed E-state index contributed by atoms with van der Waals surface area (Å²) in [4.78, 5) is 0.0733. The molecule has 1 heterocycles. The number of benzene rings is 2. The van der Waals surface area contributed by atoms with Crippen molar-refractivity contribution < 1.29 is 21.2 Å². The largest absolute Gasteiger partial charge is 0.243 e. The van der Waals surface area contributed by atoms with Gasteiger partial charge in [0, 0.05) is 26.2 Å². The Morgan fingerprint density at radius 1 is 0.821 bits per heavy atom. The van der Waals surface area contributed by atoms with Crippen molar-refractivity contribution in [3.63, 3.8) is 0 Å². The fraction of sp³-hybridized carbons (Fsp3) is 0.368. The molecule has 1 saturated heterocycles. The van der Waals surface area contributed by atoms with Crippen LogP contribution < -0.4 is 0 Å². The van der Waals surface area contributed by atoms with Gasteiger partial charge in [0.1, 0.15) is 5.82 Å². The molecular formula is C19H23FN2O4S2. The molecule has 9 heteroatoms. The molecule has 3 rings (SSSR count). The minimum atomic E-state index is -3.86. The Morgan fingerprint density at radius 3 is 1.86 bits per heavy atom. The molecule has 0 N–H and O–H groups in total. The Kier molecular flexibility index (Phi) is 6.18. The van der Waals surface area contributed by atoms with E-state index in [0.717, 1.165) is 24.5 Å². The van der Waals surface area contributed by atoms with Crippen molar-refractivity contribution in [2.24, 2.45) is 0 Å². The molecule has 1 aliphatic rings. The van der Waals surface area contributed by atoms with E-state index < -0.39 is 25.9 Å². The van der Waals surface area contributed by atoms with Crippen LogP contribution in [0.2, 0.25) is 0 Å². The maximum atomic E-state index is 13.4. The van der Waals surface area contributed by atoms with Crippen LogP contribution in [0.4, 0.5) is 4.39 Å².